The van der Waals surface area contributed by atoms with Crippen molar-refractivity contribution in [3.8, 4) is 0 Å². The Bertz CT molecular complexity index is 656. The normalized spacial score (nSPS) is 15.7. The number of piperidine rings is 1. The van der Waals surface area contributed by atoms with Crippen molar-refractivity contribution in [2.24, 2.45) is 0 Å². The molecule has 6 nitrogen and oxygen atoms in total. The summed E-state index contributed by atoms with van der Waals surface area (Å²) in [6.07, 6.45) is 7.79. The predicted molar refractivity (Wildman–Crippen MR) is 89.4 cm³/mol. The van der Waals surface area contributed by atoms with E-state index < -0.39 is 0 Å². The molecule has 0 spiro atoms. The van der Waals surface area contributed by atoms with E-state index in [0.29, 0.717) is 11.7 Å². The van der Waals surface area contributed by atoms with E-state index in [2.05, 4.69) is 28.5 Å². The third kappa shape index (κ3) is 3.70. The molecule has 1 saturated heterocycles. The highest BCUT2D eigenvalue weighted by atomic mass is 16.2. The molecule has 3 rings (SSSR count). The van der Waals surface area contributed by atoms with Crippen LogP contribution in [0.25, 0.3) is 0 Å². The number of urea groups is 1. The predicted octanol–water partition coefficient (Wildman–Crippen LogP) is 3.02. The Morgan fingerprint density at radius 1 is 1.30 bits per heavy atom. The highest BCUT2D eigenvalue weighted by Crippen LogP contribution is 2.27. The third-order valence-corrected chi connectivity index (χ3v) is 4.38. The van der Waals surface area contributed by atoms with Crippen molar-refractivity contribution >= 4 is 11.8 Å². The first-order valence-electron chi connectivity index (χ1n) is 8.16. The van der Waals surface area contributed by atoms with Crippen LogP contribution in [0.4, 0.5) is 10.6 Å². The van der Waals surface area contributed by atoms with Crippen molar-refractivity contribution in [1.82, 2.24) is 19.7 Å². The van der Waals surface area contributed by atoms with Gasteiger partial charge in [-0.15, -0.1) is 0 Å². The van der Waals surface area contributed by atoms with Gasteiger partial charge in [0.25, 0.3) is 0 Å². The number of pyridine rings is 1. The molecular weight excluding hydrogens is 290 g/mol. The first kappa shape index (κ1) is 15.5. The number of hydrogen-bond acceptors (Lipinski definition) is 3. The molecule has 2 aromatic heterocycles. The summed E-state index contributed by atoms with van der Waals surface area (Å²) < 4.78 is 1.96. The van der Waals surface area contributed by atoms with E-state index in [1.54, 1.807) is 6.20 Å². The number of anilines is 1. The van der Waals surface area contributed by atoms with Gasteiger partial charge in [0.05, 0.1) is 6.20 Å². The van der Waals surface area contributed by atoms with Crippen LogP contribution in [0.1, 0.15) is 36.8 Å². The van der Waals surface area contributed by atoms with Gasteiger partial charge in [-0.05, 0) is 49.8 Å². The zero-order valence-electron chi connectivity index (χ0n) is 13.7. The standard InChI is InChI=1S/C17H23N5O/c1-3-22-12-15(11-19-22)14-6-8-21(9-7-14)17(23)20-16-5-4-13(2)10-18-16/h4-5,10-12,14H,3,6-9H2,1-2H3,(H,18,20,23). The molecule has 0 bridgehead atoms. The van der Waals surface area contributed by atoms with E-state index >= 15 is 0 Å². The van der Waals surface area contributed by atoms with E-state index in [-0.39, 0.29) is 6.03 Å². The summed E-state index contributed by atoms with van der Waals surface area (Å²) in [5, 5.41) is 7.21. The fraction of sp³-hybridized carbons (Fsp3) is 0.471. The lowest BCUT2D eigenvalue weighted by Gasteiger charge is -2.31. The van der Waals surface area contributed by atoms with Crippen molar-refractivity contribution < 1.29 is 4.79 Å². The van der Waals surface area contributed by atoms with Crippen LogP contribution in [-0.2, 0) is 6.54 Å². The van der Waals surface area contributed by atoms with Crippen LogP contribution in [0, 0.1) is 6.92 Å². The Hall–Kier alpha value is -2.37. The number of hydrogen-bond donors (Lipinski definition) is 1. The van der Waals surface area contributed by atoms with Gasteiger partial charge in [0, 0.05) is 32.0 Å². The summed E-state index contributed by atoms with van der Waals surface area (Å²) in [5.74, 6) is 1.10. The van der Waals surface area contributed by atoms with Gasteiger partial charge in [-0.1, -0.05) is 6.07 Å². The summed E-state index contributed by atoms with van der Waals surface area (Å²) in [6.45, 7) is 6.48. The Morgan fingerprint density at radius 3 is 2.70 bits per heavy atom. The van der Waals surface area contributed by atoms with Gasteiger partial charge in [-0.2, -0.15) is 5.10 Å². The van der Waals surface area contributed by atoms with Crippen molar-refractivity contribution in [3.05, 3.63) is 41.9 Å². The number of likely N-dealkylation sites (tertiary alicyclic amines) is 1. The van der Waals surface area contributed by atoms with Crippen LogP contribution >= 0.6 is 0 Å². The first-order valence-corrected chi connectivity index (χ1v) is 8.16. The third-order valence-electron chi connectivity index (χ3n) is 4.38. The summed E-state index contributed by atoms with van der Waals surface area (Å²) in [7, 11) is 0. The SMILES string of the molecule is CCn1cc(C2CCN(C(=O)Nc3ccc(C)cn3)CC2)cn1. The highest BCUT2D eigenvalue weighted by molar-refractivity contribution is 5.88. The molecule has 6 heteroatoms. The van der Waals surface area contributed by atoms with Crippen molar-refractivity contribution in [1.29, 1.82) is 0 Å². The minimum absolute atomic E-state index is 0.0657. The minimum Gasteiger partial charge on any atom is -0.324 e. The molecule has 1 aliphatic rings. The largest absolute Gasteiger partial charge is 0.324 e. The molecule has 0 saturated carbocycles. The molecule has 0 radical (unpaired) electrons. The highest BCUT2D eigenvalue weighted by Gasteiger charge is 2.24. The van der Waals surface area contributed by atoms with E-state index in [0.717, 1.165) is 38.0 Å². The van der Waals surface area contributed by atoms with Crippen LogP contribution in [0.2, 0.25) is 0 Å². The van der Waals surface area contributed by atoms with E-state index in [4.69, 9.17) is 0 Å². The topological polar surface area (TPSA) is 63.1 Å². The lowest BCUT2D eigenvalue weighted by molar-refractivity contribution is 0.194. The van der Waals surface area contributed by atoms with Gasteiger partial charge in [0.1, 0.15) is 5.82 Å². The number of aryl methyl sites for hydroxylation is 2. The average molecular weight is 313 g/mol. The van der Waals surface area contributed by atoms with Gasteiger partial charge in [0.15, 0.2) is 0 Å². The first-order chi connectivity index (χ1) is 11.2. The molecule has 0 unspecified atom stereocenters. The Balaban J connectivity index is 1.53. The fourth-order valence-electron chi connectivity index (χ4n) is 2.91. The van der Waals surface area contributed by atoms with Crippen LogP contribution in [-0.4, -0.2) is 38.8 Å². The molecular formula is C17H23N5O. The second-order valence-corrected chi connectivity index (χ2v) is 6.04. The summed E-state index contributed by atoms with van der Waals surface area (Å²) in [4.78, 5) is 18.4. The van der Waals surface area contributed by atoms with Crippen molar-refractivity contribution in [2.45, 2.75) is 39.2 Å². The number of rotatable bonds is 3. The number of nitrogens with one attached hydrogen (secondary N) is 1. The number of amides is 2. The van der Waals surface area contributed by atoms with Crippen LogP contribution in [0.15, 0.2) is 30.7 Å². The molecule has 1 N–H and O–H groups in total. The summed E-state index contributed by atoms with van der Waals surface area (Å²) in [5.41, 5.74) is 2.36. The smallest absolute Gasteiger partial charge is 0.323 e. The molecule has 0 aliphatic carbocycles. The molecule has 1 aliphatic heterocycles. The van der Waals surface area contributed by atoms with Crippen LogP contribution in [0.5, 0.6) is 0 Å². The minimum atomic E-state index is -0.0657. The van der Waals surface area contributed by atoms with Crippen LogP contribution in [0.3, 0.4) is 0 Å². The Morgan fingerprint density at radius 2 is 2.09 bits per heavy atom. The Kier molecular flexibility index (Phi) is 4.60. The van der Waals surface area contributed by atoms with Gasteiger partial charge < -0.3 is 4.90 Å². The van der Waals surface area contributed by atoms with Gasteiger partial charge in [0.2, 0.25) is 0 Å². The maximum Gasteiger partial charge on any atom is 0.323 e. The number of nitrogens with zero attached hydrogens (tertiary/aromatic N) is 4. The second kappa shape index (κ2) is 6.81. The molecule has 0 aromatic carbocycles. The van der Waals surface area contributed by atoms with E-state index in [1.165, 1.54) is 5.56 Å². The zero-order chi connectivity index (χ0) is 16.2. The lowest BCUT2D eigenvalue weighted by Crippen LogP contribution is -2.40. The average Bonchev–Trinajstić information content (AvgIpc) is 3.06. The molecule has 122 valence electrons. The van der Waals surface area contributed by atoms with E-state index in [1.807, 2.05) is 34.8 Å². The van der Waals surface area contributed by atoms with Crippen molar-refractivity contribution in [2.75, 3.05) is 18.4 Å². The maximum absolute atomic E-state index is 12.3. The quantitative estimate of drug-likeness (QED) is 0.947. The molecule has 0 atom stereocenters. The molecule has 2 amide bonds. The summed E-state index contributed by atoms with van der Waals surface area (Å²) in [6, 6.07) is 3.71. The summed E-state index contributed by atoms with van der Waals surface area (Å²) >= 11 is 0. The lowest BCUT2D eigenvalue weighted by atomic mass is 9.92. The second-order valence-electron chi connectivity index (χ2n) is 6.04. The zero-order valence-corrected chi connectivity index (χ0v) is 13.7. The van der Waals surface area contributed by atoms with E-state index in [9.17, 15) is 4.79 Å². The maximum atomic E-state index is 12.3. The number of carbonyl (C=O) groups is 1. The monoisotopic (exact) mass is 313 g/mol. The molecule has 3 heterocycles. The van der Waals surface area contributed by atoms with Gasteiger partial charge >= 0.3 is 6.03 Å². The fourth-order valence-corrected chi connectivity index (χ4v) is 2.91. The van der Waals surface area contributed by atoms with Gasteiger partial charge in [-0.25, -0.2) is 9.78 Å². The van der Waals surface area contributed by atoms with Gasteiger partial charge in [-0.3, -0.25) is 10.00 Å². The molecule has 1 fully saturated rings. The molecule has 23 heavy (non-hydrogen) atoms. The number of carbonyl (C=O) groups excluding carboxylic acids is 1. The number of aromatic nitrogens is 3. The van der Waals surface area contributed by atoms with Crippen molar-refractivity contribution in [3.63, 3.8) is 0 Å². The molecule has 2 aromatic rings. The van der Waals surface area contributed by atoms with Crippen LogP contribution < -0.4 is 5.32 Å². The Labute approximate surface area is 136 Å².